The lowest BCUT2D eigenvalue weighted by atomic mass is 9.47. The molecule has 184 valence electrons. The smallest absolute Gasteiger partial charge is 0.0577 e. The minimum atomic E-state index is -0.0906. The molecule has 2 N–H and O–H groups in total. The second-order valence-corrected chi connectivity index (χ2v) is 10.2. The maximum atomic E-state index is 10.1. The van der Waals surface area contributed by atoms with Crippen molar-refractivity contribution < 1.29 is 10.2 Å². The average Bonchev–Trinajstić information content (AvgIpc) is 3.15. The van der Waals surface area contributed by atoms with Crippen LogP contribution in [0.3, 0.4) is 0 Å². The maximum absolute atomic E-state index is 10.1. The van der Waals surface area contributed by atoms with Gasteiger partial charge in [0.1, 0.15) is 0 Å². The van der Waals surface area contributed by atoms with E-state index in [1.54, 1.807) is 5.57 Å². The van der Waals surface area contributed by atoms with Gasteiger partial charge in [0.05, 0.1) is 6.10 Å². The molecule has 4 aliphatic rings. The van der Waals surface area contributed by atoms with Crippen LogP contribution < -0.4 is 0 Å². The third-order valence-electron chi connectivity index (χ3n) is 9.23. The van der Waals surface area contributed by atoms with Gasteiger partial charge in [0.15, 0.2) is 0 Å². The summed E-state index contributed by atoms with van der Waals surface area (Å²) in [6.45, 7) is 17.5. The van der Waals surface area contributed by atoms with E-state index in [2.05, 4.69) is 19.9 Å². The summed E-state index contributed by atoms with van der Waals surface area (Å²) in [7, 11) is 0. The van der Waals surface area contributed by atoms with Crippen LogP contribution in [0.2, 0.25) is 0 Å². The molecule has 0 bridgehead atoms. The van der Waals surface area contributed by atoms with Gasteiger partial charge in [0.2, 0.25) is 0 Å². The Bertz CT molecular complexity index is 527. The number of unbranched alkanes of at least 4 members (excludes halogenated alkanes) is 1. The van der Waals surface area contributed by atoms with Gasteiger partial charge >= 0.3 is 0 Å². The van der Waals surface area contributed by atoms with E-state index >= 15 is 0 Å². The molecule has 0 radical (unpaired) electrons. The topological polar surface area (TPSA) is 40.5 Å². The number of allylic oxidation sites excluding steroid dienone is 1. The predicted molar refractivity (Wildman–Crippen MR) is 136 cm³/mol. The van der Waals surface area contributed by atoms with Crippen LogP contribution in [0.4, 0.5) is 0 Å². The summed E-state index contributed by atoms with van der Waals surface area (Å²) in [5, 5.41) is 19.3. The molecule has 4 aliphatic carbocycles. The second kappa shape index (κ2) is 13.4. The van der Waals surface area contributed by atoms with Crippen molar-refractivity contribution in [3.05, 3.63) is 11.6 Å². The largest absolute Gasteiger partial charge is 0.396 e. The summed E-state index contributed by atoms with van der Waals surface area (Å²) >= 11 is 0. The van der Waals surface area contributed by atoms with Gasteiger partial charge < -0.3 is 10.2 Å². The summed E-state index contributed by atoms with van der Waals surface area (Å²) in [5.41, 5.74) is 2.51. The minimum absolute atomic E-state index is 0.0906. The predicted octanol–water partition coefficient (Wildman–Crippen LogP) is 8.17. The van der Waals surface area contributed by atoms with Gasteiger partial charge in [-0.15, -0.1) is 0 Å². The van der Waals surface area contributed by atoms with E-state index in [1.165, 1.54) is 51.4 Å². The Labute approximate surface area is 195 Å². The molecule has 7 atom stereocenters. The molecule has 3 saturated carbocycles. The summed E-state index contributed by atoms with van der Waals surface area (Å²) in [5.74, 6) is 3.53. The van der Waals surface area contributed by atoms with Gasteiger partial charge in [0, 0.05) is 6.61 Å². The SMILES string of the molecule is CC.CC.CC.CC12CCC(O)CC1=CCC1C2CCC2(C)C(CCCCO)CCC12. The van der Waals surface area contributed by atoms with Crippen LogP contribution in [-0.4, -0.2) is 22.9 Å². The molecule has 0 saturated heterocycles. The number of hydrogen-bond acceptors (Lipinski definition) is 2. The molecule has 2 heteroatoms. The molecular weight excluding hydrogens is 380 g/mol. The standard InChI is InChI=1S/C23H38O2.3C2H6/c1-22-13-11-21-19(20(22)9-7-16(22)5-3-4-14-24)8-6-17-15-18(25)10-12-23(17,21)2;3*1-2/h6,16,18-21,24-25H,3-5,7-15H2,1-2H3;3*1-2H3. The highest BCUT2D eigenvalue weighted by Crippen LogP contribution is 2.66. The first-order valence-corrected chi connectivity index (χ1v) is 14.0. The molecule has 4 rings (SSSR count). The van der Waals surface area contributed by atoms with Gasteiger partial charge in [-0.2, -0.15) is 0 Å². The molecule has 0 amide bonds. The Morgan fingerprint density at radius 2 is 1.55 bits per heavy atom. The first-order valence-electron chi connectivity index (χ1n) is 14.0. The Morgan fingerprint density at radius 3 is 2.19 bits per heavy atom. The Morgan fingerprint density at radius 1 is 0.871 bits per heavy atom. The third kappa shape index (κ3) is 5.78. The molecule has 3 fully saturated rings. The zero-order valence-electron chi connectivity index (χ0n) is 22.3. The van der Waals surface area contributed by atoms with Crippen molar-refractivity contribution in [2.45, 2.75) is 132 Å². The minimum Gasteiger partial charge on any atom is -0.396 e. The van der Waals surface area contributed by atoms with E-state index in [4.69, 9.17) is 5.11 Å². The fourth-order valence-corrected chi connectivity index (χ4v) is 7.73. The lowest BCUT2D eigenvalue weighted by molar-refractivity contribution is -0.0509. The zero-order chi connectivity index (χ0) is 23.7. The second-order valence-electron chi connectivity index (χ2n) is 10.2. The monoisotopic (exact) mass is 436 g/mol. The summed E-state index contributed by atoms with van der Waals surface area (Å²) < 4.78 is 0. The van der Waals surface area contributed by atoms with E-state index < -0.39 is 0 Å². The molecule has 0 aromatic carbocycles. The van der Waals surface area contributed by atoms with Crippen molar-refractivity contribution in [1.82, 2.24) is 0 Å². The molecule has 0 heterocycles. The number of rotatable bonds is 4. The molecule has 0 aromatic rings. The molecule has 7 unspecified atom stereocenters. The van der Waals surface area contributed by atoms with Crippen LogP contribution in [0.1, 0.15) is 126 Å². The average molecular weight is 437 g/mol. The number of aliphatic hydroxyl groups excluding tert-OH is 2. The number of aliphatic hydroxyl groups is 2. The van der Waals surface area contributed by atoms with E-state index in [-0.39, 0.29) is 6.10 Å². The van der Waals surface area contributed by atoms with Crippen LogP contribution in [0.5, 0.6) is 0 Å². The van der Waals surface area contributed by atoms with Gasteiger partial charge in [-0.1, -0.05) is 73.5 Å². The van der Waals surface area contributed by atoms with Crippen molar-refractivity contribution in [2.75, 3.05) is 6.61 Å². The van der Waals surface area contributed by atoms with E-state index in [0.29, 0.717) is 17.4 Å². The lowest BCUT2D eigenvalue weighted by Gasteiger charge is -2.58. The quantitative estimate of drug-likeness (QED) is 0.344. The Kier molecular flexibility index (Phi) is 12.4. The Balaban J connectivity index is 0.000000739. The van der Waals surface area contributed by atoms with Crippen LogP contribution in [0.15, 0.2) is 11.6 Å². The van der Waals surface area contributed by atoms with E-state index in [1.807, 2.05) is 41.5 Å². The van der Waals surface area contributed by atoms with Crippen LogP contribution in [0, 0.1) is 34.5 Å². The molecular formula is C29H56O2. The first-order chi connectivity index (χ1) is 15.0. The van der Waals surface area contributed by atoms with E-state index in [9.17, 15) is 5.11 Å². The van der Waals surface area contributed by atoms with Crippen molar-refractivity contribution in [3.8, 4) is 0 Å². The summed E-state index contributed by atoms with van der Waals surface area (Å²) in [4.78, 5) is 0. The van der Waals surface area contributed by atoms with Crippen molar-refractivity contribution in [3.63, 3.8) is 0 Å². The highest BCUT2D eigenvalue weighted by molar-refractivity contribution is 5.25. The van der Waals surface area contributed by atoms with Crippen molar-refractivity contribution >= 4 is 0 Å². The summed E-state index contributed by atoms with van der Waals surface area (Å²) in [6.07, 6.45) is 16.0. The van der Waals surface area contributed by atoms with Crippen molar-refractivity contribution in [2.24, 2.45) is 34.5 Å². The Hall–Kier alpha value is -0.340. The van der Waals surface area contributed by atoms with Crippen molar-refractivity contribution in [1.29, 1.82) is 0 Å². The fourth-order valence-electron chi connectivity index (χ4n) is 7.73. The van der Waals surface area contributed by atoms with Gasteiger partial charge in [-0.3, -0.25) is 0 Å². The van der Waals surface area contributed by atoms with Crippen LogP contribution in [-0.2, 0) is 0 Å². The zero-order valence-corrected chi connectivity index (χ0v) is 22.3. The molecule has 0 spiro atoms. The highest BCUT2D eigenvalue weighted by Gasteiger charge is 2.58. The van der Waals surface area contributed by atoms with Gasteiger partial charge in [-0.05, 0) is 98.7 Å². The third-order valence-corrected chi connectivity index (χ3v) is 9.23. The normalized spacial score (nSPS) is 40.2. The molecule has 2 nitrogen and oxygen atoms in total. The molecule has 0 aliphatic heterocycles. The van der Waals surface area contributed by atoms with Crippen LogP contribution >= 0.6 is 0 Å². The highest BCUT2D eigenvalue weighted by atomic mass is 16.3. The van der Waals surface area contributed by atoms with Gasteiger partial charge in [-0.25, -0.2) is 0 Å². The number of fused-ring (bicyclic) bond motifs is 5. The molecule has 31 heavy (non-hydrogen) atoms. The maximum Gasteiger partial charge on any atom is 0.0577 e. The lowest BCUT2D eigenvalue weighted by Crippen LogP contribution is -2.50. The summed E-state index contributed by atoms with van der Waals surface area (Å²) in [6, 6.07) is 0. The fraction of sp³-hybridized carbons (Fsp3) is 0.931. The number of hydrogen-bond donors (Lipinski definition) is 2. The van der Waals surface area contributed by atoms with Crippen LogP contribution in [0.25, 0.3) is 0 Å². The first kappa shape index (κ1) is 28.7. The van der Waals surface area contributed by atoms with E-state index in [0.717, 1.165) is 42.9 Å². The molecule has 0 aromatic heterocycles. The van der Waals surface area contributed by atoms with Gasteiger partial charge in [0.25, 0.3) is 0 Å².